The molecular formula is C29H28Cl3N. The van der Waals surface area contributed by atoms with Crippen LogP contribution in [0.5, 0.6) is 0 Å². The van der Waals surface area contributed by atoms with Crippen LogP contribution in [0.2, 0.25) is 5.02 Å². The number of benzene rings is 3. The van der Waals surface area contributed by atoms with Gasteiger partial charge in [0, 0.05) is 28.2 Å². The summed E-state index contributed by atoms with van der Waals surface area (Å²) in [4.78, 5) is 0. The summed E-state index contributed by atoms with van der Waals surface area (Å²) in [5.74, 6) is -0.157. The van der Waals surface area contributed by atoms with Gasteiger partial charge in [0.15, 0.2) is 0 Å². The molecule has 4 heteroatoms. The highest BCUT2D eigenvalue weighted by atomic mass is 35.5. The molecule has 0 aliphatic heterocycles. The van der Waals surface area contributed by atoms with Gasteiger partial charge in [0.2, 0.25) is 0 Å². The van der Waals surface area contributed by atoms with Crippen LogP contribution in [0.15, 0.2) is 72.9 Å². The average molecular weight is 497 g/mol. The first-order valence-electron chi connectivity index (χ1n) is 11.1. The largest absolute Gasteiger partial charge is 0.359 e. The fourth-order valence-electron chi connectivity index (χ4n) is 4.60. The van der Waals surface area contributed by atoms with Crippen LogP contribution in [0.25, 0.3) is 17.2 Å². The predicted octanol–water partition coefficient (Wildman–Crippen LogP) is 9.48. The van der Waals surface area contributed by atoms with Gasteiger partial charge in [-0.15, -0.1) is 23.2 Å². The Labute approximate surface area is 212 Å². The van der Waals surface area contributed by atoms with Crippen molar-refractivity contribution < 1.29 is 0 Å². The summed E-state index contributed by atoms with van der Waals surface area (Å²) < 4.78 is -0.908. The van der Waals surface area contributed by atoms with E-state index in [2.05, 4.69) is 80.4 Å². The first kappa shape index (κ1) is 24.0. The molecule has 1 aliphatic rings. The van der Waals surface area contributed by atoms with Crippen molar-refractivity contribution in [2.45, 2.75) is 37.9 Å². The van der Waals surface area contributed by atoms with Crippen molar-refractivity contribution in [1.29, 1.82) is 0 Å². The van der Waals surface area contributed by atoms with E-state index in [1.165, 1.54) is 27.8 Å². The lowest BCUT2D eigenvalue weighted by atomic mass is 9.96. The van der Waals surface area contributed by atoms with Crippen molar-refractivity contribution in [3.8, 4) is 11.1 Å². The molecule has 0 bridgehead atoms. The number of nitrogens with one attached hydrogen (secondary N) is 1. The van der Waals surface area contributed by atoms with Crippen LogP contribution in [0, 0.1) is 26.7 Å². The van der Waals surface area contributed by atoms with Gasteiger partial charge in [-0.25, -0.2) is 0 Å². The van der Waals surface area contributed by atoms with E-state index in [9.17, 15) is 0 Å². The van der Waals surface area contributed by atoms with Gasteiger partial charge in [-0.3, -0.25) is 0 Å². The molecule has 0 amide bonds. The Bertz CT molecular complexity index is 1240. The molecule has 2 unspecified atom stereocenters. The van der Waals surface area contributed by atoms with Gasteiger partial charge in [0.1, 0.15) is 4.33 Å². The van der Waals surface area contributed by atoms with Crippen LogP contribution < -0.4 is 5.32 Å². The van der Waals surface area contributed by atoms with Crippen molar-refractivity contribution in [2.24, 2.45) is 5.92 Å². The Morgan fingerprint density at radius 2 is 1.73 bits per heavy atom. The van der Waals surface area contributed by atoms with Crippen LogP contribution in [-0.4, -0.2) is 4.33 Å². The molecule has 0 saturated heterocycles. The van der Waals surface area contributed by atoms with Crippen molar-refractivity contribution >= 4 is 46.6 Å². The molecule has 1 nitrogen and oxygen atoms in total. The SMILES string of the molecule is C=C(Nc1ccc(C)c(-c2ccc(/C=C\C)c(C)c2)c1)C1C(c2cc(C)cc(Cl)c2)C1(Cl)Cl. The number of aryl methyl sites for hydroxylation is 3. The van der Waals surface area contributed by atoms with Gasteiger partial charge in [-0.1, -0.05) is 60.7 Å². The lowest BCUT2D eigenvalue weighted by molar-refractivity contribution is 0.946. The number of halogens is 3. The maximum absolute atomic E-state index is 6.70. The number of hydrogen-bond donors (Lipinski definition) is 1. The minimum absolute atomic E-state index is 0.0510. The number of alkyl halides is 2. The van der Waals surface area contributed by atoms with Gasteiger partial charge in [0.25, 0.3) is 0 Å². The second-order valence-electron chi connectivity index (χ2n) is 8.94. The summed E-state index contributed by atoms with van der Waals surface area (Å²) in [5.41, 5.74) is 9.97. The third kappa shape index (κ3) is 4.87. The van der Waals surface area contributed by atoms with Crippen LogP contribution in [0.1, 0.15) is 40.7 Å². The highest BCUT2D eigenvalue weighted by Gasteiger charge is 2.65. The number of hydrogen-bond acceptors (Lipinski definition) is 1. The van der Waals surface area contributed by atoms with Crippen molar-refractivity contribution in [1.82, 2.24) is 0 Å². The Morgan fingerprint density at radius 3 is 2.39 bits per heavy atom. The average Bonchev–Trinajstić information content (AvgIpc) is 3.32. The van der Waals surface area contributed by atoms with E-state index in [-0.39, 0.29) is 11.8 Å². The van der Waals surface area contributed by atoms with Gasteiger partial charge in [-0.05, 0) is 90.9 Å². The molecule has 1 fully saturated rings. The van der Waals surface area contributed by atoms with E-state index < -0.39 is 4.33 Å². The zero-order valence-corrected chi connectivity index (χ0v) is 21.6. The lowest BCUT2D eigenvalue weighted by Gasteiger charge is -2.14. The third-order valence-electron chi connectivity index (χ3n) is 6.32. The second-order valence-corrected chi connectivity index (χ2v) is 10.8. The maximum atomic E-state index is 6.70. The Morgan fingerprint density at radius 1 is 0.970 bits per heavy atom. The summed E-state index contributed by atoms with van der Waals surface area (Å²) in [6.45, 7) is 12.6. The van der Waals surface area contributed by atoms with E-state index in [0.29, 0.717) is 5.02 Å². The number of anilines is 1. The molecule has 0 radical (unpaired) electrons. The van der Waals surface area contributed by atoms with Crippen molar-refractivity contribution in [2.75, 3.05) is 5.32 Å². The molecule has 33 heavy (non-hydrogen) atoms. The number of rotatable bonds is 6. The minimum atomic E-state index is -0.908. The Balaban J connectivity index is 1.58. The summed E-state index contributed by atoms with van der Waals surface area (Å²) >= 11 is 19.7. The van der Waals surface area contributed by atoms with Crippen LogP contribution in [0.3, 0.4) is 0 Å². The number of allylic oxidation sites excluding steroid dienone is 2. The van der Waals surface area contributed by atoms with E-state index in [0.717, 1.165) is 22.5 Å². The van der Waals surface area contributed by atoms with E-state index in [4.69, 9.17) is 34.8 Å². The quantitative estimate of drug-likeness (QED) is 0.335. The smallest absolute Gasteiger partial charge is 0.134 e. The second kappa shape index (κ2) is 9.22. The molecule has 1 saturated carbocycles. The minimum Gasteiger partial charge on any atom is -0.359 e. The van der Waals surface area contributed by atoms with Gasteiger partial charge >= 0.3 is 0 Å². The molecule has 3 aromatic rings. The van der Waals surface area contributed by atoms with Crippen molar-refractivity contribution in [3.05, 3.63) is 106 Å². The van der Waals surface area contributed by atoms with Gasteiger partial charge in [0.05, 0.1) is 0 Å². The Hall–Kier alpha value is -2.19. The zero-order chi connectivity index (χ0) is 23.9. The van der Waals surface area contributed by atoms with E-state index in [1.807, 2.05) is 26.0 Å². The topological polar surface area (TPSA) is 12.0 Å². The monoisotopic (exact) mass is 495 g/mol. The van der Waals surface area contributed by atoms with Crippen LogP contribution in [-0.2, 0) is 0 Å². The summed E-state index contributed by atoms with van der Waals surface area (Å²) in [6.07, 6.45) is 4.19. The summed E-state index contributed by atoms with van der Waals surface area (Å²) in [5, 5.41) is 4.16. The summed E-state index contributed by atoms with van der Waals surface area (Å²) in [6, 6.07) is 18.9. The van der Waals surface area contributed by atoms with Gasteiger partial charge in [-0.2, -0.15) is 0 Å². The van der Waals surface area contributed by atoms with Crippen LogP contribution in [0.4, 0.5) is 5.69 Å². The molecule has 0 aromatic heterocycles. The molecule has 0 spiro atoms. The first-order valence-corrected chi connectivity index (χ1v) is 12.2. The molecule has 1 aliphatic carbocycles. The molecule has 0 heterocycles. The third-order valence-corrected chi connectivity index (χ3v) is 7.48. The molecule has 3 aromatic carbocycles. The highest BCUT2D eigenvalue weighted by Crippen LogP contribution is 2.67. The first-order chi connectivity index (χ1) is 15.6. The lowest BCUT2D eigenvalue weighted by Crippen LogP contribution is -2.04. The Kier molecular flexibility index (Phi) is 6.69. The summed E-state index contributed by atoms with van der Waals surface area (Å²) in [7, 11) is 0. The zero-order valence-electron chi connectivity index (χ0n) is 19.3. The van der Waals surface area contributed by atoms with Crippen molar-refractivity contribution in [3.63, 3.8) is 0 Å². The van der Waals surface area contributed by atoms with E-state index >= 15 is 0 Å². The van der Waals surface area contributed by atoms with E-state index in [1.54, 1.807) is 0 Å². The molecule has 170 valence electrons. The highest BCUT2D eigenvalue weighted by molar-refractivity contribution is 6.52. The molecule has 1 N–H and O–H groups in total. The fraction of sp³-hybridized carbons (Fsp3) is 0.241. The van der Waals surface area contributed by atoms with Crippen LogP contribution >= 0.6 is 34.8 Å². The molecule has 4 rings (SSSR count). The predicted molar refractivity (Wildman–Crippen MR) is 146 cm³/mol. The fourth-order valence-corrected chi connectivity index (χ4v) is 5.79. The normalized spacial score (nSPS) is 19.0. The maximum Gasteiger partial charge on any atom is 0.134 e. The standard InChI is InChI=1S/C29H28Cl3N/c1-6-7-21-9-10-22(14-19(21)4)26-16-25(11-8-18(26)3)33-20(5)27-28(29(27,31)32)23-12-17(2)13-24(30)15-23/h6-16,27-28,33H,5H2,1-4H3/b7-6-. The molecular weight excluding hydrogens is 469 g/mol. The molecule has 2 atom stereocenters. The van der Waals surface area contributed by atoms with Gasteiger partial charge < -0.3 is 5.32 Å².